The van der Waals surface area contributed by atoms with Crippen molar-refractivity contribution in [3.8, 4) is 0 Å². The number of carbonyl (C=O) groups is 1. The predicted octanol–water partition coefficient (Wildman–Crippen LogP) is 2.94. The molecule has 0 fully saturated rings. The fraction of sp³-hybridized carbons (Fsp3) is 0.286. The van der Waals surface area contributed by atoms with Gasteiger partial charge >= 0.3 is 5.97 Å². The van der Waals surface area contributed by atoms with E-state index in [9.17, 15) is 13.2 Å². The molecule has 0 amide bonds. The molecule has 2 aromatic rings. The molecule has 0 bridgehead atoms. The number of hydrogen-bond acceptors (Lipinski definition) is 5. The third-order valence-corrected chi connectivity index (χ3v) is 5.68. The zero-order valence-electron chi connectivity index (χ0n) is 11.6. The Morgan fingerprint density at radius 3 is 2.67 bits per heavy atom. The lowest BCUT2D eigenvalue weighted by molar-refractivity contribution is 0.0696. The first-order valence-electron chi connectivity index (χ1n) is 6.30. The Balaban J connectivity index is 2.29. The lowest BCUT2D eigenvalue weighted by atomic mass is 10.2. The Kier molecular flexibility index (Phi) is 4.43. The van der Waals surface area contributed by atoms with Gasteiger partial charge in [0.2, 0.25) is 0 Å². The topological polar surface area (TPSA) is 84.3 Å². The van der Waals surface area contributed by atoms with E-state index in [0.717, 1.165) is 5.01 Å². The number of aromatic carboxylic acids is 1. The number of carboxylic acid groups (broad SMARTS) is 1. The molecule has 7 heteroatoms. The van der Waals surface area contributed by atoms with Crippen LogP contribution in [0.2, 0.25) is 0 Å². The molecule has 112 valence electrons. The van der Waals surface area contributed by atoms with E-state index < -0.39 is 15.8 Å². The van der Waals surface area contributed by atoms with Crippen LogP contribution in [-0.4, -0.2) is 24.5 Å². The highest BCUT2D eigenvalue weighted by Crippen LogP contribution is 2.23. The number of nitrogens with zero attached hydrogens (tertiary/aromatic N) is 1. The van der Waals surface area contributed by atoms with Crippen LogP contribution in [-0.2, 0) is 15.6 Å². The van der Waals surface area contributed by atoms with Gasteiger partial charge in [-0.3, -0.25) is 0 Å². The number of aromatic nitrogens is 1. The van der Waals surface area contributed by atoms with Gasteiger partial charge in [0.1, 0.15) is 0 Å². The lowest BCUT2D eigenvalue weighted by Gasteiger charge is -2.04. The Bertz CT molecular complexity index is 763. The molecule has 0 atom stereocenters. The number of thiazole rings is 1. The molecule has 0 spiro atoms. The van der Waals surface area contributed by atoms with Gasteiger partial charge < -0.3 is 5.11 Å². The predicted molar refractivity (Wildman–Crippen MR) is 80.5 cm³/mol. The molecule has 0 radical (unpaired) electrons. The molecule has 0 aliphatic heterocycles. The highest BCUT2D eigenvalue weighted by molar-refractivity contribution is 7.90. The van der Waals surface area contributed by atoms with Crippen molar-refractivity contribution in [2.45, 2.75) is 30.4 Å². The van der Waals surface area contributed by atoms with Crippen LogP contribution in [0.25, 0.3) is 0 Å². The number of hydrogen-bond donors (Lipinski definition) is 1. The summed E-state index contributed by atoms with van der Waals surface area (Å²) in [6.45, 7) is 3.99. The van der Waals surface area contributed by atoms with Crippen molar-refractivity contribution in [3.63, 3.8) is 0 Å². The summed E-state index contributed by atoms with van der Waals surface area (Å²) in [5.41, 5.74) is 0.446. The Morgan fingerprint density at radius 1 is 1.38 bits per heavy atom. The monoisotopic (exact) mass is 325 g/mol. The SMILES string of the molecule is CC(C)c1nc(CS(=O)(=O)c2cccc(C(=O)O)c2)cs1. The van der Waals surface area contributed by atoms with Crippen LogP contribution in [0.1, 0.15) is 40.8 Å². The molecule has 21 heavy (non-hydrogen) atoms. The van der Waals surface area contributed by atoms with E-state index in [4.69, 9.17) is 5.11 Å². The molecule has 1 aromatic carbocycles. The molecule has 0 aliphatic carbocycles. The Labute approximate surface area is 127 Å². The van der Waals surface area contributed by atoms with E-state index in [1.54, 1.807) is 5.38 Å². The molecule has 0 aliphatic rings. The van der Waals surface area contributed by atoms with Crippen molar-refractivity contribution in [3.05, 3.63) is 45.9 Å². The minimum atomic E-state index is -3.60. The van der Waals surface area contributed by atoms with Crippen molar-refractivity contribution in [2.75, 3.05) is 0 Å². The van der Waals surface area contributed by atoms with Crippen molar-refractivity contribution < 1.29 is 18.3 Å². The average molecular weight is 325 g/mol. The molecule has 5 nitrogen and oxygen atoms in total. The number of carboxylic acids is 1. The summed E-state index contributed by atoms with van der Waals surface area (Å²) in [5.74, 6) is -1.12. The largest absolute Gasteiger partial charge is 0.478 e. The molecule has 1 N–H and O–H groups in total. The van der Waals surface area contributed by atoms with Gasteiger partial charge in [0, 0.05) is 11.3 Å². The summed E-state index contributed by atoms with van der Waals surface area (Å²) in [6, 6.07) is 5.36. The summed E-state index contributed by atoms with van der Waals surface area (Å²) >= 11 is 1.43. The van der Waals surface area contributed by atoms with Crippen LogP contribution in [0.4, 0.5) is 0 Å². The van der Waals surface area contributed by atoms with Gasteiger partial charge in [0.15, 0.2) is 9.84 Å². The van der Waals surface area contributed by atoms with Crippen LogP contribution < -0.4 is 0 Å². The summed E-state index contributed by atoms with van der Waals surface area (Å²) in [5, 5.41) is 11.5. The van der Waals surface area contributed by atoms with E-state index in [0.29, 0.717) is 5.69 Å². The molecule has 0 unspecified atom stereocenters. The summed E-state index contributed by atoms with van der Waals surface area (Å²) in [4.78, 5) is 15.2. The van der Waals surface area contributed by atoms with Gasteiger partial charge in [0.25, 0.3) is 0 Å². The Morgan fingerprint density at radius 2 is 2.10 bits per heavy atom. The third kappa shape index (κ3) is 3.68. The lowest BCUT2D eigenvalue weighted by Crippen LogP contribution is -2.07. The van der Waals surface area contributed by atoms with Crippen molar-refractivity contribution in [2.24, 2.45) is 0 Å². The van der Waals surface area contributed by atoms with Gasteiger partial charge in [-0.15, -0.1) is 11.3 Å². The van der Waals surface area contributed by atoms with E-state index in [1.807, 2.05) is 13.8 Å². The van der Waals surface area contributed by atoms with E-state index in [1.165, 1.54) is 35.6 Å². The first-order valence-corrected chi connectivity index (χ1v) is 8.83. The maximum Gasteiger partial charge on any atom is 0.335 e. The van der Waals surface area contributed by atoms with Crippen LogP contribution in [0, 0.1) is 0 Å². The quantitative estimate of drug-likeness (QED) is 0.913. The molecule has 2 rings (SSSR count). The van der Waals surface area contributed by atoms with Crippen molar-refractivity contribution in [1.82, 2.24) is 4.98 Å². The van der Waals surface area contributed by atoms with Gasteiger partial charge in [-0.25, -0.2) is 18.2 Å². The van der Waals surface area contributed by atoms with Crippen molar-refractivity contribution in [1.29, 1.82) is 0 Å². The third-order valence-electron chi connectivity index (χ3n) is 2.84. The van der Waals surface area contributed by atoms with Crippen LogP contribution in [0.15, 0.2) is 34.5 Å². The van der Waals surface area contributed by atoms with Crippen LogP contribution >= 0.6 is 11.3 Å². The molecule has 0 saturated carbocycles. The maximum atomic E-state index is 12.3. The molecule has 1 heterocycles. The van der Waals surface area contributed by atoms with Crippen LogP contribution in [0.3, 0.4) is 0 Å². The minimum absolute atomic E-state index is 0.00139. The number of benzene rings is 1. The smallest absolute Gasteiger partial charge is 0.335 e. The van der Waals surface area contributed by atoms with E-state index in [2.05, 4.69) is 4.98 Å². The first kappa shape index (κ1) is 15.7. The second kappa shape index (κ2) is 5.95. The maximum absolute atomic E-state index is 12.3. The molecular weight excluding hydrogens is 310 g/mol. The summed E-state index contributed by atoms with van der Waals surface area (Å²) in [7, 11) is -3.60. The summed E-state index contributed by atoms with van der Waals surface area (Å²) in [6.07, 6.45) is 0. The fourth-order valence-electron chi connectivity index (χ4n) is 1.75. The normalized spacial score (nSPS) is 11.8. The van der Waals surface area contributed by atoms with Crippen molar-refractivity contribution >= 4 is 27.1 Å². The minimum Gasteiger partial charge on any atom is -0.478 e. The zero-order chi connectivity index (χ0) is 15.6. The van der Waals surface area contributed by atoms with Gasteiger partial charge in [-0.1, -0.05) is 19.9 Å². The number of rotatable bonds is 5. The second-order valence-electron chi connectivity index (χ2n) is 4.92. The highest BCUT2D eigenvalue weighted by atomic mass is 32.2. The standard InChI is InChI=1S/C14H15NO4S2/c1-9(2)13-15-11(7-20-13)8-21(18,19)12-5-3-4-10(6-12)14(16)17/h3-7,9H,8H2,1-2H3,(H,16,17). The fourth-order valence-corrected chi connectivity index (χ4v) is 3.99. The molecule has 0 saturated heterocycles. The summed E-state index contributed by atoms with van der Waals surface area (Å²) < 4.78 is 24.7. The number of sulfone groups is 1. The highest BCUT2D eigenvalue weighted by Gasteiger charge is 2.19. The van der Waals surface area contributed by atoms with E-state index >= 15 is 0 Å². The van der Waals surface area contributed by atoms with Gasteiger partial charge in [0.05, 0.1) is 26.9 Å². The zero-order valence-corrected chi connectivity index (χ0v) is 13.2. The molecular formula is C14H15NO4S2. The van der Waals surface area contributed by atoms with Crippen LogP contribution in [0.5, 0.6) is 0 Å². The molecule has 1 aromatic heterocycles. The average Bonchev–Trinajstić information content (AvgIpc) is 2.87. The Hall–Kier alpha value is -1.73. The van der Waals surface area contributed by atoms with Gasteiger partial charge in [-0.05, 0) is 18.2 Å². The van der Waals surface area contributed by atoms with E-state index in [-0.39, 0.29) is 22.1 Å². The second-order valence-corrected chi connectivity index (χ2v) is 7.80. The van der Waals surface area contributed by atoms with Gasteiger partial charge in [-0.2, -0.15) is 0 Å². The first-order chi connectivity index (χ1) is 9.79.